The normalized spacial score (nSPS) is 16.8. The van der Waals surface area contributed by atoms with Crippen molar-refractivity contribution in [1.82, 2.24) is 9.88 Å². The molecule has 4 heteroatoms. The molecule has 1 aromatic carbocycles. The molecule has 1 saturated heterocycles. The van der Waals surface area contributed by atoms with Gasteiger partial charge in [0.05, 0.1) is 0 Å². The van der Waals surface area contributed by atoms with Gasteiger partial charge in [0, 0.05) is 24.2 Å². The van der Waals surface area contributed by atoms with Gasteiger partial charge in [0.2, 0.25) is 0 Å². The number of nitrogens with one attached hydrogen (secondary N) is 1. The van der Waals surface area contributed by atoms with Gasteiger partial charge in [0.1, 0.15) is 0 Å². The maximum Gasteiger partial charge on any atom is 0.182 e. The van der Waals surface area contributed by atoms with Crippen LogP contribution in [0.25, 0.3) is 0 Å². The van der Waals surface area contributed by atoms with E-state index in [0.717, 1.165) is 30.6 Å². The van der Waals surface area contributed by atoms with Gasteiger partial charge in [-0.25, -0.2) is 4.98 Å². The Morgan fingerprint density at radius 1 is 1.23 bits per heavy atom. The zero-order valence-electron chi connectivity index (χ0n) is 13.3. The molecule has 0 atom stereocenters. The van der Waals surface area contributed by atoms with Crippen molar-refractivity contribution in [3.63, 3.8) is 0 Å². The topological polar surface area (TPSA) is 28.2 Å². The molecule has 1 aliphatic heterocycles. The lowest BCUT2D eigenvalue weighted by Crippen LogP contribution is -2.32. The van der Waals surface area contributed by atoms with Crippen molar-refractivity contribution in [2.45, 2.75) is 38.6 Å². The predicted octanol–water partition coefficient (Wildman–Crippen LogP) is 4.34. The molecule has 3 nitrogen and oxygen atoms in total. The van der Waals surface area contributed by atoms with Gasteiger partial charge in [0.15, 0.2) is 5.13 Å². The number of rotatable bonds is 6. The SMILES string of the molecule is CCCNc1ncc(CN2CCC(c3ccccc3)CC2)s1. The van der Waals surface area contributed by atoms with Gasteiger partial charge in [-0.05, 0) is 43.8 Å². The average molecular weight is 315 g/mol. The summed E-state index contributed by atoms with van der Waals surface area (Å²) < 4.78 is 0. The van der Waals surface area contributed by atoms with Gasteiger partial charge in [-0.3, -0.25) is 4.90 Å². The van der Waals surface area contributed by atoms with E-state index in [1.807, 2.05) is 6.20 Å². The molecule has 0 unspecified atom stereocenters. The lowest BCUT2D eigenvalue weighted by molar-refractivity contribution is 0.206. The number of hydrogen-bond donors (Lipinski definition) is 1. The second kappa shape index (κ2) is 7.75. The molecule has 0 spiro atoms. The fraction of sp³-hybridized carbons (Fsp3) is 0.500. The second-order valence-corrected chi connectivity index (χ2v) is 7.13. The van der Waals surface area contributed by atoms with Crippen LogP contribution in [0.5, 0.6) is 0 Å². The summed E-state index contributed by atoms with van der Waals surface area (Å²) in [5, 5.41) is 4.44. The lowest BCUT2D eigenvalue weighted by Gasteiger charge is -2.31. The standard InChI is InChI=1S/C18H25N3S/c1-2-10-19-18-20-13-17(22-18)14-21-11-8-16(9-12-21)15-6-4-3-5-7-15/h3-7,13,16H,2,8-12,14H2,1H3,(H,19,20). The Morgan fingerprint density at radius 3 is 2.73 bits per heavy atom. The van der Waals surface area contributed by atoms with Crippen molar-refractivity contribution in [3.8, 4) is 0 Å². The highest BCUT2D eigenvalue weighted by Gasteiger charge is 2.20. The molecular formula is C18H25N3S. The van der Waals surface area contributed by atoms with Gasteiger partial charge < -0.3 is 5.32 Å². The molecule has 1 aromatic heterocycles. The van der Waals surface area contributed by atoms with Crippen molar-refractivity contribution in [3.05, 3.63) is 47.0 Å². The molecule has 2 aromatic rings. The van der Waals surface area contributed by atoms with E-state index in [-0.39, 0.29) is 0 Å². The van der Waals surface area contributed by atoms with Crippen molar-refractivity contribution in [2.75, 3.05) is 25.0 Å². The maximum atomic E-state index is 4.46. The highest BCUT2D eigenvalue weighted by Crippen LogP contribution is 2.29. The molecule has 1 N–H and O–H groups in total. The van der Waals surface area contributed by atoms with E-state index in [9.17, 15) is 0 Å². The van der Waals surface area contributed by atoms with Gasteiger partial charge in [0.25, 0.3) is 0 Å². The minimum absolute atomic E-state index is 0.737. The maximum absolute atomic E-state index is 4.46. The minimum atomic E-state index is 0.737. The van der Waals surface area contributed by atoms with Gasteiger partial charge in [-0.2, -0.15) is 0 Å². The third kappa shape index (κ3) is 4.08. The summed E-state index contributed by atoms with van der Waals surface area (Å²) in [5.41, 5.74) is 1.51. The predicted molar refractivity (Wildman–Crippen MR) is 94.6 cm³/mol. The Balaban J connectivity index is 1.48. The third-order valence-corrected chi connectivity index (χ3v) is 5.26. The molecule has 22 heavy (non-hydrogen) atoms. The van der Waals surface area contributed by atoms with Crippen molar-refractivity contribution in [1.29, 1.82) is 0 Å². The monoisotopic (exact) mass is 315 g/mol. The number of anilines is 1. The molecule has 3 rings (SSSR count). The Kier molecular flexibility index (Phi) is 5.46. The summed E-state index contributed by atoms with van der Waals surface area (Å²) in [6.45, 7) is 6.62. The number of thiazole rings is 1. The minimum Gasteiger partial charge on any atom is -0.362 e. The number of benzene rings is 1. The van der Waals surface area contributed by atoms with Crippen LogP contribution in [-0.4, -0.2) is 29.5 Å². The Bertz CT molecular complexity index is 559. The van der Waals surface area contributed by atoms with Crippen LogP contribution in [0.4, 0.5) is 5.13 Å². The van der Waals surface area contributed by atoms with Gasteiger partial charge in [-0.15, -0.1) is 11.3 Å². The lowest BCUT2D eigenvalue weighted by atomic mass is 9.89. The zero-order valence-corrected chi connectivity index (χ0v) is 14.1. The van der Waals surface area contributed by atoms with Crippen LogP contribution >= 0.6 is 11.3 Å². The summed E-state index contributed by atoms with van der Waals surface area (Å²) in [6, 6.07) is 11.0. The van der Waals surface area contributed by atoms with Crippen LogP contribution < -0.4 is 5.32 Å². The molecule has 1 fully saturated rings. The third-order valence-electron chi connectivity index (χ3n) is 4.32. The second-order valence-electron chi connectivity index (χ2n) is 6.02. The summed E-state index contributed by atoms with van der Waals surface area (Å²) in [7, 11) is 0. The smallest absolute Gasteiger partial charge is 0.182 e. The molecule has 0 radical (unpaired) electrons. The zero-order chi connectivity index (χ0) is 15.2. The number of likely N-dealkylation sites (tertiary alicyclic amines) is 1. The molecule has 0 bridgehead atoms. The quantitative estimate of drug-likeness (QED) is 0.859. The number of piperidine rings is 1. The number of aromatic nitrogens is 1. The van der Waals surface area contributed by atoms with Gasteiger partial charge >= 0.3 is 0 Å². The molecule has 118 valence electrons. The van der Waals surface area contributed by atoms with Crippen LogP contribution in [-0.2, 0) is 6.54 Å². The summed E-state index contributed by atoms with van der Waals surface area (Å²) in [4.78, 5) is 8.40. The molecule has 0 amide bonds. The molecule has 2 heterocycles. The Hall–Kier alpha value is -1.39. The van der Waals surface area contributed by atoms with Crippen LogP contribution in [0.3, 0.4) is 0 Å². The fourth-order valence-corrected chi connectivity index (χ4v) is 3.94. The first-order valence-corrected chi connectivity index (χ1v) is 9.12. The summed E-state index contributed by atoms with van der Waals surface area (Å²) in [5.74, 6) is 0.737. The Morgan fingerprint density at radius 2 is 2.00 bits per heavy atom. The van der Waals surface area contributed by atoms with Crippen molar-refractivity contribution < 1.29 is 0 Å². The highest BCUT2D eigenvalue weighted by molar-refractivity contribution is 7.15. The fourth-order valence-electron chi connectivity index (χ4n) is 3.06. The van der Waals surface area contributed by atoms with Crippen molar-refractivity contribution in [2.24, 2.45) is 0 Å². The molecule has 1 aliphatic rings. The van der Waals surface area contributed by atoms with E-state index in [1.54, 1.807) is 11.3 Å². The summed E-state index contributed by atoms with van der Waals surface area (Å²) in [6.07, 6.45) is 5.71. The highest BCUT2D eigenvalue weighted by atomic mass is 32.1. The summed E-state index contributed by atoms with van der Waals surface area (Å²) >= 11 is 1.80. The largest absolute Gasteiger partial charge is 0.362 e. The average Bonchev–Trinajstić information content (AvgIpc) is 3.02. The van der Waals surface area contributed by atoms with E-state index in [2.05, 4.69) is 52.5 Å². The first-order valence-electron chi connectivity index (χ1n) is 8.31. The van der Waals surface area contributed by atoms with E-state index in [0.29, 0.717) is 0 Å². The first-order chi connectivity index (χ1) is 10.8. The molecule has 0 aliphatic carbocycles. The van der Waals surface area contributed by atoms with Gasteiger partial charge in [-0.1, -0.05) is 37.3 Å². The van der Waals surface area contributed by atoms with Crippen LogP contribution in [0.15, 0.2) is 36.5 Å². The number of hydrogen-bond acceptors (Lipinski definition) is 4. The first kappa shape index (κ1) is 15.5. The van der Waals surface area contributed by atoms with Crippen molar-refractivity contribution >= 4 is 16.5 Å². The van der Waals surface area contributed by atoms with Crippen LogP contribution in [0.2, 0.25) is 0 Å². The van der Waals surface area contributed by atoms with E-state index in [1.165, 1.54) is 36.4 Å². The Labute approximate surface area is 137 Å². The molecule has 0 saturated carbocycles. The molecular weight excluding hydrogens is 290 g/mol. The van der Waals surface area contributed by atoms with E-state index in [4.69, 9.17) is 0 Å². The van der Waals surface area contributed by atoms with Crippen LogP contribution in [0.1, 0.15) is 42.5 Å². The van der Waals surface area contributed by atoms with E-state index < -0.39 is 0 Å². The van der Waals surface area contributed by atoms with Crippen LogP contribution in [0, 0.1) is 0 Å². The number of nitrogens with zero attached hydrogens (tertiary/aromatic N) is 2. The van der Waals surface area contributed by atoms with E-state index >= 15 is 0 Å².